The van der Waals surface area contributed by atoms with E-state index in [2.05, 4.69) is 17.4 Å². The molecule has 0 aliphatic carbocycles. The molecule has 0 spiro atoms. The standard InChI is InChI=1S/C21H21NO3/c1-14-8-11-19-17(12-14)13-18(21(24)25-19)20(23)22-15(2)9-10-16-6-4-3-5-7-16/h3-8,11-13,15H,9-10H2,1-2H3,(H,22,23)/t15-/m1/s1. The molecule has 1 N–H and O–H groups in total. The van der Waals surface area contributed by atoms with Gasteiger partial charge in [0.15, 0.2) is 0 Å². The number of hydrogen-bond donors (Lipinski definition) is 1. The zero-order valence-corrected chi connectivity index (χ0v) is 14.4. The molecule has 1 aromatic heterocycles. The largest absolute Gasteiger partial charge is 0.422 e. The first-order chi connectivity index (χ1) is 12.0. The van der Waals surface area contributed by atoms with E-state index in [9.17, 15) is 9.59 Å². The van der Waals surface area contributed by atoms with Gasteiger partial charge in [-0.2, -0.15) is 0 Å². The molecule has 4 heteroatoms. The summed E-state index contributed by atoms with van der Waals surface area (Å²) >= 11 is 0. The van der Waals surface area contributed by atoms with Crippen molar-refractivity contribution in [2.75, 3.05) is 0 Å². The highest BCUT2D eigenvalue weighted by atomic mass is 16.4. The van der Waals surface area contributed by atoms with E-state index < -0.39 is 11.5 Å². The molecule has 128 valence electrons. The van der Waals surface area contributed by atoms with Crippen LogP contribution in [0.5, 0.6) is 0 Å². The zero-order valence-electron chi connectivity index (χ0n) is 14.4. The van der Waals surface area contributed by atoms with Crippen molar-refractivity contribution in [3.05, 3.63) is 81.7 Å². The summed E-state index contributed by atoms with van der Waals surface area (Å²) < 4.78 is 5.26. The van der Waals surface area contributed by atoms with Gasteiger partial charge in [-0.05, 0) is 50.5 Å². The predicted octanol–water partition coefficient (Wildman–Crippen LogP) is 3.85. The van der Waals surface area contributed by atoms with Crippen LogP contribution in [-0.2, 0) is 6.42 Å². The van der Waals surface area contributed by atoms with E-state index in [1.54, 1.807) is 12.1 Å². The quantitative estimate of drug-likeness (QED) is 0.721. The van der Waals surface area contributed by atoms with E-state index in [-0.39, 0.29) is 11.6 Å². The van der Waals surface area contributed by atoms with E-state index in [0.717, 1.165) is 23.8 Å². The van der Waals surface area contributed by atoms with Crippen molar-refractivity contribution in [3.63, 3.8) is 0 Å². The Bertz CT molecular complexity index is 944. The molecule has 1 atom stereocenters. The van der Waals surface area contributed by atoms with Crippen molar-refractivity contribution >= 4 is 16.9 Å². The zero-order chi connectivity index (χ0) is 17.8. The summed E-state index contributed by atoms with van der Waals surface area (Å²) in [6.07, 6.45) is 1.67. The fourth-order valence-electron chi connectivity index (χ4n) is 2.80. The van der Waals surface area contributed by atoms with Crippen LogP contribution in [0.4, 0.5) is 0 Å². The first-order valence-corrected chi connectivity index (χ1v) is 8.42. The minimum atomic E-state index is -0.607. The summed E-state index contributed by atoms with van der Waals surface area (Å²) in [5, 5.41) is 3.64. The molecule has 2 aromatic carbocycles. The molecule has 0 aliphatic heterocycles. The van der Waals surface area contributed by atoms with Gasteiger partial charge in [0.25, 0.3) is 5.91 Å². The van der Waals surface area contributed by atoms with Gasteiger partial charge in [0.2, 0.25) is 0 Å². The van der Waals surface area contributed by atoms with E-state index >= 15 is 0 Å². The summed E-state index contributed by atoms with van der Waals surface area (Å²) in [4.78, 5) is 24.5. The summed E-state index contributed by atoms with van der Waals surface area (Å²) in [5.41, 5.74) is 2.20. The van der Waals surface area contributed by atoms with Gasteiger partial charge in [0.05, 0.1) is 0 Å². The number of nitrogens with one attached hydrogen (secondary N) is 1. The summed E-state index contributed by atoms with van der Waals surface area (Å²) in [6.45, 7) is 3.89. The summed E-state index contributed by atoms with van der Waals surface area (Å²) in [6, 6.07) is 17.2. The highest BCUT2D eigenvalue weighted by Crippen LogP contribution is 2.15. The number of hydrogen-bond acceptors (Lipinski definition) is 3. The van der Waals surface area contributed by atoms with Crippen molar-refractivity contribution < 1.29 is 9.21 Å². The Morgan fingerprint density at radius 3 is 2.64 bits per heavy atom. The van der Waals surface area contributed by atoms with Gasteiger partial charge in [-0.25, -0.2) is 4.79 Å². The minimum absolute atomic E-state index is 0.0414. The average Bonchev–Trinajstić information content (AvgIpc) is 2.60. The number of rotatable bonds is 5. The Hall–Kier alpha value is -2.88. The van der Waals surface area contributed by atoms with Crippen molar-refractivity contribution in [2.45, 2.75) is 32.7 Å². The fraction of sp³-hybridized carbons (Fsp3) is 0.238. The second-order valence-electron chi connectivity index (χ2n) is 6.39. The Morgan fingerprint density at radius 2 is 1.88 bits per heavy atom. The van der Waals surface area contributed by atoms with Crippen LogP contribution in [0, 0.1) is 6.92 Å². The van der Waals surface area contributed by atoms with E-state index in [0.29, 0.717) is 5.58 Å². The van der Waals surface area contributed by atoms with Gasteiger partial charge in [0.1, 0.15) is 11.1 Å². The number of carbonyl (C=O) groups excluding carboxylic acids is 1. The lowest BCUT2D eigenvalue weighted by atomic mass is 10.1. The third-order valence-corrected chi connectivity index (χ3v) is 4.22. The Labute approximate surface area is 146 Å². The smallest absolute Gasteiger partial charge is 0.349 e. The Kier molecular flexibility index (Phi) is 4.98. The maximum atomic E-state index is 12.4. The van der Waals surface area contributed by atoms with E-state index in [4.69, 9.17) is 4.42 Å². The van der Waals surface area contributed by atoms with Crippen molar-refractivity contribution in [2.24, 2.45) is 0 Å². The molecule has 25 heavy (non-hydrogen) atoms. The topological polar surface area (TPSA) is 59.3 Å². The third kappa shape index (κ3) is 4.15. The lowest BCUT2D eigenvalue weighted by Crippen LogP contribution is -2.35. The van der Waals surface area contributed by atoms with Crippen LogP contribution >= 0.6 is 0 Å². The first kappa shape index (κ1) is 17.0. The Morgan fingerprint density at radius 1 is 1.12 bits per heavy atom. The van der Waals surface area contributed by atoms with Crippen LogP contribution in [0.15, 0.2) is 63.8 Å². The van der Waals surface area contributed by atoms with Gasteiger partial charge < -0.3 is 9.73 Å². The lowest BCUT2D eigenvalue weighted by molar-refractivity contribution is 0.0935. The number of carbonyl (C=O) groups is 1. The molecular formula is C21H21NO3. The number of fused-ring (bicyclic) bond motifs is 1. The minimum Gasteiger partial charge on any atom is -0.422 e. The SMILES string of the molecule is Cc1ccc2oc(=O)c(C(=O)N[C@H](C)CCc3ccccc3)cc2c1. The molecule has 4 nitrogen and oxygen atoms in total. The third-order valence-electron chi connectivity index (χ3n) is 4.22. The van der Waals surface area contributed by atoms with Gasteiger partial charge in [0, 0.05) is 11.4 Å². The molecule has 1 amide bonds. The molecule has 3 rings (SSSR count). The Balaban J connectivity index is 1.71. The number of aryl methyl sites for hydroxylation is 2. The van der Waals surface area contributed by atoms with Crippen LogP contribution in [0.2, 0.25) is 0 Å². The number of amides is 1. The van der Waals surface area contributed by atoms with Gasteiger partial charge in [-0.3, -0.25) is 4.79 Å². The molecule has 0 fully saturated rings. The second kappa shape index (κ2) is 7.34. The van der Waals surface area contributed by atoms with Crippen LogP contribution in [-0.4, -0.2) is 11.9 Å². The van der Waals surface area contributed by atoms with Gasteiger partial charge >= 0.3 is 5.63 Å². The van der Waals surface area contributed by atoms with Crippen molar-refractivity contribution in [3.8, 4) is 0 Å². The second-order valence-corrected chi connectivity index (χ2v) is 6.39. The fourth-order valence-corrected chi connectivity index (χ4v) is 2.80. The predicted molar refractivity (Wildman–Crippen MR) is 98.9 cm³/mol. The molecule has 0 unspecified atom stereocenters. The van der Waals surface area contributed by atoms with Crippen molar-refractivity contribution in [1.82, 2.24) is 5.32 Å². The summed E-state index contributed by atoms with van der Waals surface area (Å²) in [7, 11) is 0. The normalized spacial score (nSPS) is 12.1. The maximum absolute atomic E-state index is 12.4. The molecule has 0 saturated heterocycles. The van der Waals surface area contributed by atoms with Gasteiger partial charge in [-0.1, -0.05) is 42.0 Å². The van der Waals surface area contributed by atoms with Crippen LogP contribution in [0.3, 0.4) is 0 Å². The number of benzene rings is 2. The van der Waals surface area contributed by atoms with Crippen LogP contribution in [0.1, 0.15) is 34.8 Å². The molecule has 0 radical (unpaired) electrons. The molecular weight excluding hydrogens is 314 g/mol. The lowest BCUT2D eigenvalue weighted by Gasteiger charge is -2.13. The molecule has 0 aliphatic rings. The molecule has 1 heterocycles. The molecule has 3 aromatic rings. The first-order valence-electron chi connectivity index (χ1n) is 8.42. The maximum Gasteiger partial charge on any atom is 0.349 e. The van der Waals surface area contributed by atoms with E-state index in [1.807, 2.05) is 44.2 Å². The average molecular weight is 335 g/mol. The van der Waals surface area contributed by atoms with Crippen LogP contribution < -0.4 is 10.9 Å². The molecule has 0 saturated carbocycles. The summed E-state index contributed by atoms with van der Waals surface area (Å²) in [5.74, 6) is -0.391. The van der Waals surface area contributed by atoms with Crippen molar-refractivity contribution in [1.29, 1.82) is 0 Å². The molecule has 0 bridgehead atoms. The van der Waals surface area contributed by atoms with Crippen LogP contribution in [0.25, 0.3) is 11.0 Å². The highest BCUT2D eigenvalue weighted by molar-refractivity contribution is 5.96. The van der Waals surface area contributed by atoms with E-state index in [1.165, 1.54) is 5.56 Å². The van der Waals surface area contributed by atoms with Gasteiger partial charge in [-0.15, -0.1) is 0 Å². The highest BCUT2D eigenvalue weighted by Gasteiger charge is 2.16. The monoisotopic (exact) mass is 335 g/mol.